The largest absolute Gasteiger partial charge is 0.496 e. The Morgan fingerprint density at radius 1 is 0.867 bits per heavy atom. The van der Waals surface area contributed by atoms with Gasteiger partial charge in [-0.25, -0.2) is 0 Å². The number of ether oxygens (including phenoxy) is 1. The van der Waals surface area contributed by atoms with Crippen molar-refractivity contribution in [2.45, 2.75) is 76.5 Å². The second-order valence-electron chi connectivity index (χ2n) is 7.98. The van der Waals surface area contributed by atoms with E-state index in [-0.39, 0.29) is 30.5 Å². The van der Waals surface area contributed by atoms with Crippen molar-refractivity contribution >= 4 is 24.8 Å². The molecule has 5 heteroatoms. The predicted molar refractivity (Wildman–Crippen MR) is 132 cm³/mol. The zero-order valence-corrected chi connectivity index (χ0v) is 20.0. The van der Waals surface area contributed by atoms with Crippen molar-refractivity contribution in [2.24, 2.45) is 0 Å². The Bertz CT molecular complexity index is 705. The molecule has 3 rings (SSSR count). The van der Waals surface area contributed by atoms with Crippen LogP contribution < -0.4 is 15.4 Å². The van der Waals surface area contributed by atoms with Crippen molar-refractivity contribution in [1.82, 2.24) is 10.6 Å². The van der Waals surface area contributed by atoms with Gasteiger partial charge in [0.15, 0.2) is 0 Å². The first kappa shape index (κ1) is 26.8. The lowest BCUT2D eigenvalue weighted by Gasteiger charge is -2.40. The van der Waals surface area contributed by atoms with Crippen molar-refractivity contribution in [1.29, 1.82) is 0 Å². The standard InChI is InChI=1S/C25H36N2O.2ClH/c1-3-25(22-15-8-7-9-16-22,27-23-17-10-5-4-6-11-18-23)26-20-21-14-12-13-19-24(21)28-2;;/h7-9,12-16,19,23,26-27H,3-6,10-11,17-18,20H2,1-2H3;2*1H/t25-;;/m1../s1. The molecular weight excluding hydrogens is 415 g/mol. The van der Waals surface area contributed by atoms with Crippen LogP contribution in [-0.4, -0.2) is 13.2 Å². The van der Waals surface area contributed by atoms with Gasteiger partial charge in [0.25, 0.3) is 0 Å². The van der Waals surface area contributed by atoms with Crippen LogP contribution in [0.15, 0.2) is 54.6 Å². The van der Waals surface area contributed by atoms with E-state index in [2.05, 4.69) is 60.0 Å². The zero-order chi connectivity index (χ0) is 19.7. The minimum absolute atomic E-state index is 0. The summed E-state index contributed by atoms with van der Waals surface area (Å²) < 4.78 is 5.57. The van der Waals surface area contributed by atoms with Gasteiger partial charge in [0.2, 0.25) is 0 Å². The summed E-state index contributed by atoms with van der Waals surface area (Å²) in [6.07, 6.45) is 10.3. The Balaban J connectivity index is 0.00000225. The lowest BCUT2D eigenvalue weighted by molar-refractivity contribution is 0.197. The molecule has 0 unspecified atom stereocenters. The van der Waals surface area contributed by atoms with Crippen LogP contribution in [0.5, 0.6) is 5.75 Å². The maximum absolute atomic E-state index is 5.57. The summed E-state index contributed by atoms with van der Waals surface area (Å²) in [4.78, 5) is 0. The Kier molecular flexibility index (Phi) is 12.4. The summed E-state index contributed by atoms with van der Waals surface area (Å²) in [7, 11) is 1.75. The fraction of sp³-hybridized carbons (Fsp3) is 0.520. The molecule has 0 amide bonds. The molecule has 168 valence electrons. The molecule has 0 saturated heterocycles. The number of benzene rings is 2. The first-order valence-electron chi connectivity index (χ1n) is 11.0. The first-order chi connectivity index (χ1) is 13.8. The van der Waals surface area contributed by atoms with Crippen LogP contribution in [0.2, 0.25) is 0 Å². The number of halogens is 2. The van der Waals surface area contributed by atoms with E-state index in [9.17, 15) is 0 Å². The maximum atomic E-state index is 5.57. The van der Waals surface area contributed by atoms with Gasteiger partial charge in [-0.3, -0.25) is 10.6 Å². The monoisotopic (exact) mass is 452 g/mol. The van der Waals surface area contributed by atoms with Crippen LogP contribution in [0, 0.1) is 0 Å². The van der Waals surface area contributed by atoms with E-state index in [0.717, 1.165) is 18.7 Å². The number of hydrogen-bond acceptors (Lipinski definition) is 3. The van der Waals surface area contributed by atoms with E-state index >= 15 is 0 Å². The minimum atomic E-state index is -0.230. The average molecular weight is 453 g/mol. The van der Waals surface area contributed by atoms with Crippen LogP contribution in [0.25, 0.3) is 0 Å². The molecule has 3 nitrogen and oxygen atoms in total. The van der Waals surface area contributed by atoms with E-state index in [1.807, 2.05) is 12.1 Å². The summed E-state index contributed by atoms with van der Waals surface area (Å²) in [5.41, 5.74) is 2.28. The van der Waals surface area contributed by atoms with Gasteiger partial charge in [-0.05, 0) is 30.9 Å². The van der Waals surface area contributed by atoms with Gasteiger partial charge in [-0.15, -0.1) is 24.8 Å². The molecule has 2 aromatic carbocycles. The molecule has 0 bridgehead atoms. The van der Waals surface area contributed by atoms with Gasteiger partial charge >= 0.3 is 0 Å². The highest BCUT2D eigenvalue weighted by Gasteiger charge is 2.32. The molecule has 1 saturated carbocycles. The van der Waals surface area contributed by atoms with Crippen LogP contribution in [0.1, 0.15) is 69.4 Å². The third kappa shape index (κ3) is 7.16. The Morgan fingerprint density at radius 2 is 1.47 bits per heavy atom. The fourth-order valence-corrected chi connectivity index (χ4v) is 4.43. The molecular formula is C25H38Cl2N2O. The predicted octanol–water partition coefficient (Wildman–Crippen LogP) is 6.59. The van der Waals surface area contributed by atoms with E-state index in [1.165, 1.54) is 56.1 Å². The molecule has 0 aromatic heterocycles. The second kappa shape index (κ2) is 13.9. The van der Waals surface area contributed by atoms with Crippen molar-refractivity contribution in [2.75, 3.05) is 7.11 Å². The van der Waals surface area contributed by atoms with Gasteiger partial charge in [0, 0.05) is 18.2 Å². The molecule has 0 aliphatic heterocycles. The Labute approximate surface area is 195 Å². The molecule has 1 aliphatic carbocycles. The summed E-state index contributed by atoms with van der Waals surface area (Å²) in [6, 6.07) is 19.7. The van der Waals surface area contributed by atoms with Gasteiger partial charge in [0.1, 0.15) is 5.75 Å². The van der Waals surface area contributed by atoms with Crippen LogP contribution in [-0.2, 0) is 12.2 Å². The number of nitrogens with one attached hydrogen (secondary N) is 2. The van der Waals surface area contributed by atoms with Crippen molar-refractivity contribution in [3.8, 4) is 5.75 Å². The SMILES string of the molecule is CC[C@@](NCc1ccccc1OC)(NC1CCCCCCC1)c1ccccc1.Cl.Cl. The molecule has 2 aromatic rings. The summed E-state index contributed by atoms with van der Waals surface area (Å²) in [5.74, 6) is 0.944. The smallest absolute Gasteiger partial charge is 0.123 e. The van der Waals surface area contributed by atoms with E-state index in [1.54, 1.807) is 7.11 Å². The van der Waals surface area contributed by atoms with E-state index < -0.39 is 0 Å². The van der Waals surface area contributed by atoms with E-state index in [0.29, 0.717) is 6.04 Å². The second-order valence-corrected chi connectivity index (χ2v) is 7.98. The maximum Gasteiger partial charge on any atom is 0.123 e. The number of hydrogen-bond donors (Lipinski definition) is 2. The lowest BCUT2D eigenvalue weighted by atomic mass is 9.91. The summed E-state index contributed by atoms with van der Waals surface area (Å²) >= 11 is 0. The average Bonchev–Trinajstić information content (AvgIpc) is 2.73. The minimum Gasteiger partial charge on any atom is -0.496 e. The normalized spacial score (nSPS) is 16.9. The topological polar surface area (TPSA) is 33.3 Å². The van der Waals surface area contributed by atoms with Crippen LogP contribution in [0.4, 0.5) is 0 Å². The van der Waals surface area contributed by atoms with Crippen LogP contribution >= 0.6 is 24.8 Å². The molecule has 1 fully saturated rings. The third-order valence-corrected chi connectivity index (χ3v) is 6.13. The zero-order valence-electron chi connectivity index (χ0n) is 18.4. The van der Waals surface area contributed by atoms with Crippen LogP contribution in [0.3, 0.4) is 0 Å². The first-order valence-corrected chi connectivity index (χ1v) is 11.0. The van der Waals surface area contributed by atoms with Crippen molar-refractivity contribution in [3.05, 3.63) is 65.7 Å². The quantitative estimate of drug-likeness (QED) is 0.442. The molecule has 1 atom stereocenters. The molecule has 1 aliphatic rings. The number of methoxy groups -OCH3 is 1. The Hall–Kier alpha value is -1.26. The van der Waals surface area contributed by atoms with Crippen molar-refractivity contribution < 1.29 is 4.74 Å². The third-order valence-electron chi connectivity index (χ3n) is 6.13. The fourth-order valence-electron chi connectivity index (χ4n) is 4.43. The highest BCUT2D eigenvalue weighted by atomic mass is 35.5. The molecule has 0 heterocycles. The molecule has 0 spiro atoms. The molecule has 2 N–H and O–H groups in total. The number of rotatable bonds is 8. The van der Waals surface area contributed by atoms with Crippen molar-refractivity contribution in [3.63, 3.8) is 0 Å². The summed E-state index contributed by atoms with van der Waals surface area (Å²) in [6.45, 7) is 3.05. The molecule has 30 heavy (non-hydrogen) atoms. The highest BCUT2D eigenvalue weighted by Crippen LogP contribution is 2.28. The lowest BCUT2D eigenvalue weighted by Crippen LogP contribution is -2.57. The highest BCUT2D eigenvalue weighted by molar-refractivity contribution is 5.85. The number of para-hydroxylation sites is 1. The van der Waals surface area contributed by atoms with Gasteiger partial charge in [0.05, 0.1) is 12.8 Å². The molecule has 0 radical (unpaired) electrons. The Morgan fingerprint density at radius 3 is 2.10 bits per heavy atom. The van der Waals surface area contributed by atoms with Gasteiger partial charge in [-0.1, -0.05) is 87.6 Å². The van der Waals surface area contributed by atoms with Gasteiger partial charge in [-0.2, -0.15) is 0 Å². The summed E-state index contributed by atoms with van der Waals surface area (Å²) in [5, 5.41) is 7.94. The van der Waals surface area contributed by atoms with E-state index in [4.69, 9.17) is 4.74 Å². The van der Waals surface area contributed by atoms with Gasteiger partial charge < -0.3 is 4.74 Å².